The summed E-state index contributed by atoms with van der Waals surface area (Å²) in [4.78, 5) is 0.458. The molecule has 1 fully saturated rings. The van der Waals surface area contributed by atoms with E-state index in [2.05, 4.69) is 4.74 Å². The summed E-state index contributed by atoms with van der Waals surface area (Å²) >= 11 is 4.88. The minimum atomic E-state index is -4.68. The fourth-order valence-electron chi connectivity index (χ4n) is 1.89. The molecule has 0 aromatic heterocycles. The lowest BCUT2D eigenvalue weighted by Gasteiger charge is -2.15. The zero-order chi connectivity index (χ0) is 14.8. The average Bonchev–Trinajstić information content (AvgIpc) is 3.05. The fourth-order valence-corrected chi connectivity index (χ4v) is 2.20. The Bertz CT molecular complexity index is 483. The minimum absolute atomic E-state index is 0.00692. The maximum Gasteiger partial charge on any atom is 0.573 e. The number of halogens is 3. The number of benzene rings is 1. The Balaban J connectivity index is 1.87. The van der Waals surface area contributed by atoms with Crippen LogP contribution in [0, 0.1) is 5.41 Å². The van der Waals surface area contributed by atoms with Gasteiger partial charge in [-0.05, 0) is 37.1 Å². The highest BCUT2D eigenvalue weighted by atomic mass is 32.1. The maximum atomic E-state index is 12.0. The van der Waals surface area contributed by atoms with E-state index in [1.54, 1.807) is 0 Å². The highest BCUT2D eigenvalue weighted by Gasteiger charge is 2.43. The standard InChI is InChI=1S/C13H14F3NO2S/c14-13(15,16)19-10-3-1-9(2-4-10)18-8-12(5-6-12)7-11(17)20/h1-4H,5-8H2,(H2,17,20). The second-order valence-electron chi connectivity index (χ2n) is 4.95. The third-order valence-electron chi connectivity index (χ3n) is 3.11. The second-order valence-corrected chi connectivity index (χ2v) is 5.48. The highest BCUT2D eigenvalue weighted by Crippen LogP contribution is 2.49. The van der Waals surface area contributed by atoms with Crippen LogP contribution >= 0.6 is 12.2 Å². The van der Waals surface area contributed by atoms with Crippen molar-refractivity contribution in [2.24, 2.45) is 11.1 Å². The molecule has 2 N–H and O–H groups in total. The normalized spacial score (nSPS) is 16.6. The molecule has 0 atom stereocenters. The van der Waals surface area contributed by atoms with Gasteiger partial charge in [0, 0.05) is 11.8 Å². The molecule has 20 heavy (non-hydrogen) atoms. The summed E-state index contributed by atoms with van der Waals surface area (Å²) in [5.41, 5.74) is 5.53. The Hall–Kier alpha value is -1.50. The van der Waals surface area contributed by atoms with Crippen LogP contribution in [-0.2, 0) is 0 Å². The third-order valence-corrected chi connectivity index (χ3v) is 3.25. The summed E-state index contributed by atoms with van der Waals surface area (Å²) < 4.78 is 45.3. The zero-order valence-electron chi connectivity index (χ0n) is 10.6. The average molecular weight is 305 g/mol. The molecule has 1 aliphatic rings. The summed E-state index contributed by atoms with van der Waals surface area (Å²) in [7, 11) is 0. The van der Waals surface area contributed by atoms with Crippen molar-refractivity contribution in [1.82, 2.24) is 0 Å². The number of rotatable bonds is 6. The van der Waals surface area contributed by atoms with Crippen molar-refractivity contribution in [3.63, 3.8) is 0 Å². The Morgan fingerprint density at radius 3 is 2.20 bits per heavy atom. The maximum absolute atomic E-state index is 12.0. The number of thiocarbonyl (C=S) groups is 1. The van der Waals surface area contributed by atoms with Crippen LogP contribution in [0.2, 0.25) is 0 Å². The first-order valence-electron chi connectivity index (χ1n) is 6.05. The van der Waals surface area contributed by atoms with Crippen molar-refractivity contribution in [2.45, 2.75) is 25.6 Å². The van der Waals surface area contributed by atoms with Crippen LogP contribution in [-0.4, -0.2) is 18.0 Å². The summed E-state index contributed by atoms with van der Waals surface area (Å²) in [6, 6.07) is 5.32. The quantitative estimate of drug-likeness (QED) is 0.818. The first kappa shape index (κ1) is 14.9. The van der Waals surface area contributed by atoms with Crippen LogP contribution in [0.4, 0.5) is 13.2 Å². The van der Waals surface area contributed by atoms with Crippen LogP contribution in [0.15, 0.2) is 24.3 Å². The number of nitrogens with two attached hydrogens (primary N) is 1. The molecule has 0 saturated heterocycles. The van der Waals surface area contributed by atoms with E-state index in [9.17, 15) is 13.2 Å². The van der Waals surface area contributed by atoms with E-state index in [-0.39, 0.29) is 11.2 Å². The lowest BCUT2D eigenvalue weighted by Crippen LogP contribution is -2.21. The molecule has 0 radical (unpaired) electrons. The molecule has 1 aromatic rings. The Morgan fingerprint density at radius 1 is 1.20 bits per heavy atom. The predicted octanol–water partition coefficient (Wildman–Crippen LogP) is 3.42. The van der Waals surface area contributed by atoms with E-state index < -0.39 is 6.36 Å². The molecule has 2 rings (SSSR count). The lowest BCUT2D eigenvalue weighted by atomic mass is 10.0. The predicted molar refractivity (Wildman–Crippen MR) is 71.7 cm³/mol. The Labute approximate surface area is 119 Å². The van der Waals surface area contributed by atoms with E-state index in [4.69, 9.17) is 22.7 Å². The molecule has 1 aromatic carbocycles. The van der Waals surface area contributed by atoms with Crippen LogP contribution < -0.4 is 15.2 Å². The number of hydrogen-bond acceptors (Lipinski definition) is 3. The van der Waals surface area contributed by atoms with Crippen molar-refractivity contribution in [1.29, 1.82) is 0 Å². The van der Waals surface area contributed by atoms with Crippen LogP contribution in [0.25, 0.3) is 0 Å². The molecule has 7 heteroatoms. The van der Waals surface area contributed by atoms with Gasteiger partial charge in [0.05, 0.1) is 11.6 Å². The number of hydrogen-bond donors (Lipinski definition) is 1. The van der Waals surface area contributed by atoms with Crippen molar-refractivity contribution < 1.29 is 22.6 Å². The summed E-state index contributed by atoms with van der Waals surface area (Å²) in [5.74, 6) is 0.225. The molecule has 110 valence electrons. The first-order valence-corrected chi connectivity index (χ1v) is 6.46. The topological polar surface area (TPSA) is 44.5 Å². The second kappa shape index (κ2) is 5.47. The van der Waals surface area contributed by atoms with Gasteiger partial charge in [-0.15, -0.1) is 13.2 Å². The summed E-state index contributed by atoms with van der Waals surface area (Å²) in [6.45, 7) is 0.462. The molecule has 0 aliphatic heterocycles. The molecule has 3 nitrogen and oxygen atoms in total. The summed E-state index contributed by atoms with van der Waals surface area (Å²) in [6.07, 6.45) is -2.05. The smallest absolute Gasteiger partial charge is 0.493 e. The van der Waals surface area contributed by atoms with Gasteiger partial charge in [0.25, 0.3) is 0 Å². The molecular weight excluding hydrogens is 291 g/mol. The van der Waals surface area contributed by atoms with E-state index in [1.165, 1.54) is 24.3 Å². The van der Waals surface area contributed by atoms with Crippen LogP contribution in [0.1, 0.15) is 19.3 Å². The minimum Gasteiger partial charge on any atom is -0.493 e. The van der Waals surface area contributed by atoms with Gasteiger partial charge in [0.1, 0.15) is 11.5 Å². The van der Waals surface area contributed by atoms with Gasteiger partial charge in [-0.1, -0.05) is 12.2 Å². The summed E-state index contributed by atoms with van der Waals surface area (Å²) in [5, 5.41) is 0. The van der Waals surface area contributed by atoms with Crippen LogP contribution in [0.3, 0.4) is 0 Å². The van der Waals surface area contributed by atoms with Crippen LogP contribution in [0.5, 0.6) is 11.5 Å². The molecule has 0 unspecified atom stereocenters. The lowest BCUT2D eigenvalue weighted by molar-refractivity contribution is -0.274. The molecule has 1 aliphatic carbocycles. The van der Waals surface area contributed by atoms with E-state index in [0.29, 0.717) is 23.8 Å². The first-order chi connectivity index (χ1) is 9.28. The fraction of sp³-hybridized carbons (Fsp3) is 0.462. The Kier molecular flexibility index (Phi) is 4.08. The molecule has 0 bridgehead atoms. The van der Waals surface area contributed by atoms with Gasteiger partial charge in [0.15, 0.2) is 0 Å². The van der Waals surface area contributed by atoms with E-state index in [0.717, 1.165) is 12.8 Å². The van der Waals surface area contributed by atoms with Crippen molar-refractivity contribution in [3.8, 4) is 11.5 Å². The zero-order valence-corrected chi connectivity index (χ0v) is 11.4. The Morgan fingerprint density at radius 2 is 1.75 bits per heavy atom. The third kappa shape index (κ3) is 4.56. The van der Waals surface area contributed by atoms with Gasteiger partial charge in [-0.25, -0.2) is 0 Å². The van der Waals surface area contributed by atoms with Gasteiger partial charge in [-0.2, -0.15) is 0 Å². The van der Waals surface area contributed by atoms with Gasteiger partial charge in [-0.3, -0.25) is 0 Å². The van der Waals surface area contributed by atoms with E-state index in [1.807, 2.05) is 0 Å². The number of ether oxygens (including phenoxy) is 2. The highest BCUT2D eigenvalue weighted by molar-refractivity contribution is 7.80. The monoisotopic (exact) mass is 305 g/mol. The van der Waals surface area contributed by atoms with Crippen molar-refractivity contribution in [2.75, 3.05) is 6.61 Å². The SMILES string of the molecule is NC(=S)CC1(COc2ccc(OC(F)(F)F)cc2)CC1. The van der Waals surface area contributed by atoms with Crippen molar-refractivity contribution >= 4 is 17.2 Å². The van der Waals surface area contributed by atoms with E-state index >= 15 is 0 Å². The molecule has 0 spiro atoms. The van der Waals surface area contributed by atoms with Gasteiger partial charge < -0.3 is 15.2 Å². The van der Waals surface area contributed by atoms with Crippen molar-refractivity contribution in [3.05, 3.63) is 24.3 Å². The molecular formula is C13H14F3NO2S. The van der Waals surface area contributed by atoms with Gasteiger partial charge >= 0.3 is 6.36 Å². The molecule has 0 heterocycles. The molecule has 0 amide bonds. The number of alkyl halides is 3. The molecule has 1 saturated carbocycles. The largest absolute Gasteiger partial charge is 0.573 e. The van der Waals surface area contributed by atoms with Gasteiger partial charge in [0.2, 0.25) is 0 Å².